The number of nitrogens with one attached hydrogen (secondary N) is 1. The van der Waals surface area contributed by atoms with Gasteiger partial charge in [0.25, 0.3) is 0 Å². The van der Waals surface area contributed by atoms with E-state index >= 15 is 0 Å². The number of likely N-dealkylation sites (N-methyl/N-ethyl adjacent to an activating group) is 1. The lowest BCUT2D eigenvalue weighted by molar-refractivity contribution is -0.0191. The summed E-state index contributed by atoms with van der Waals surface area (Å²) in [6.45, 7) is 5.97. The van der Waals surface area contributed by atoms with E-state index in [9.17, 15) is 0 Å². The Kier molecular flexibility index (Phi) is 5.18. The van der Waals surface area contributed by atoms with Crippen LogP contribution in [-0.2, 0) is 4.74 Å². The molecule has 1 aliphatic heterocycles. The lowest BCUT2D eigenvalue weighted by Crippen LogP contribution is -2.45. The molecule has 1 fully saturated rings. The maximum absolute atomic E-state index is 5.75. The van der Waals surface area contributed by atoms with Crippen LogP contribution >= 0.6 is 15.9 Å². The molecule has 100 valence electrons. The van der Waals surface area contributed by atoms with Crippen LogP contribution in [0.5, 0.6) is 0 Å². The predicted molar refractivity (Wildman–Crippen MR) is 77.8 cm³/mol. The van der Waals surface area contributed by atoms with E-state index in [1.807, 2.05) is 6.07 Å². The summed E-state index contributed by atoms with van der Waals surface area (Å²) in [5, 5.41) is 3.55. The van der Waals surface area contributed by atoms with E-state index in [-0.39, 0.29) is 0 Å². The van der Waals surface area contributed by atoms with E-state index in [4.69, 9.17) is 4.74 Å². The summed E-state index contributed by atoms with van der Waals surface area (Å²) >= 11 is 3.59. The van der Waals surface area contributed by atoms with Gasteiger partial charge in [-0.1, -0.05) is 34.1 Å². The first-order chi connectivity index (χ1) is 8.66. The largest absolute Gasteiger partial charge is 0.374 e. The van der Waals surface area contributed by atoms with Crippen LogP contribution in [0.25, 0.3) is 0 Å². The first kappa shape index (κ1) is 14.0. The van der Waals surface area contributed by atoms with Gasteiger partial charge in [-0.25, -0.2) is 0 Å². The fraction of sp³-hybridized carbons (Fsp3) is 0.571. The van der Waals surface area contributed by atoms with Crippen LogP contribution in [0.1, 0.15) is 18.5 Å². The standard InChI is InChI=1S/C14H21BrN2O/c1-11(13-5-3-4-6-14(13)15)16-9-12-10-17(2)7-8-18-12/h3-6,11-12,16H,7-10H2,1-2H3. The quantitative estimate of drug-likeness (QED) is 0.924. The monoisotopic (exact) mass is 312 g/mol. The zero-order valence-electron chi connectivity index (χ0n) is 11.0. The van der Waals surface area contributed by atoms with Gasteiger partial charge in [0, 0.05) is 30.1 Å². The van der Waals surface area contributed by atoms with Gasteiger partial charge in [-0.3, -0.25) is 0 Å². The van der Waals surface area contributed by atoms with Gasteiger partial charge >= 0.3 is 0 Å². The average Bonchev–Trinajstić information content (AvgIpc) is 2.37. The van der Waals surface area contributed by atoms with Gasteiger partial charge in [0.1, 0.15) is 0 Å². The molecule has 2 unspecified atom stereocenters. The van der Waals surface area contributed by atoms with Crippen molar-refractivity contribution >= 4 is 15.9 Å². The zero-order valence-corrected chi connectivity index (χ0v) is 12.6. The van der Waals surface area contributed by atoms with Crippen molar-refractivity contribution < 1.29 is 4.74 Å². The molecular weight excluding hydrogens is 292 g/mol. The predicted octanol–water partition coefficient (Wildman–Crippen LogP) is 2.43. The third kappa shape index (κ3) is 3.79. The number of rotatable bonds is 4. The maximum atomic E-state index is 5.75. The minimum absolute atomic E-state index is 0.300. The molecule has 1 aliphatic rings. The fourth-order valence-corrected chi connectivity index (χ4v) is 2.86. The van der Waals surface area contributed by atoms with Gasteiger partial charge in [-0.05, 0) is 25.6 Å². The number of benzene rings is 1. The smallest absolute Gasteiger partial charge is 0.0826 e. The van der Waals surface area contributed by atoms with Gasteiger partial charge in [0.05, 0.1) is 12.7 Å². The minimum atomic E-state index is 0.300. The topological polar surface area (TPSA) is 24.5 Å². The van der Waals surface area contributed by atoms with Crippen molar-refractivity contribution in [2.24, 2.45) is 0 Å². The Morgan fingerprint density at radius 2 is 2.28 bits per heavy atom. The minimum Gasteiger partial charge on any atom is -0.374 e. The molecule has 2 atom stereocenters. The molecule has 1 heterocycles. The van der Waals surface area contributed by atoms with Gasteiger partial charge < -0.3 is 15.0 Å². The molecule has 0 amide bonds. The molecule has 0 bridgehead atoms. The summed E-state index contributed by atoms with van der Waals surface area (Å²) in [4.78, 5) is 2.32. The van der Waals surface area contributed by atoms with Crippen LogP contribution in [0.15, 0.2) is 28.7 Å². The molecule has 4 heteroatoms. The Bertz CT molecular complexity index is 386. The third-order valence-corrected chi connectivity index (χ3v) is 4.09. The van der Waals surface area contributed by atoms with E-state index < -0.39 is 0 Å². The van der Waals surface area contributed by atoms with E-state index in [1.165, 1.54) is 5.56 Å². The SMILES string of the molecule is CC(NCC1CN(C)CCO1)c1ccccc1Br. The summed E-state index contributed by atoms with van der Waals surface area (Å²) < 4.78 is 6.91. The van der Waals surface area contributed by atoms with Crippen LogP contribution in [0.3, 0.4) is 0 Å². The number of ether oxygens (including phenoxy) is 1. The van der Waals surface area contributed by atoms with Gasteiger partial charge in [-0.15, -0.1) is 0 Å². The van der Waals surface area contributed by atoms with Crippen molar-refractivity contribution in [2.75, 3.05) is 33.3 Å². The Labute approximate surface area is 118 Å². The summed E-state index contributed by atoms with van der Waals surface area (Å²) in [5.74, 6) is 0. The van der Waals surface area contributed by atoms with Crippen molar-refractivity contribution in [1.82, 2.24) is 10.2 Å². The molecule has 1 saturated heterocycles. The highest BCUT2D eigenvalue weighted by Gasteiger charge is 2.18. The van der Waals surface area contributed by atoms with Gasteiger partial charge in [-0.2, -0.15) is 0 Å². The zero-order chi connectivity index (χ0) is 13.0. The summed E-state index contributed by atoms with van der Waals surface area (Å²) in [6.07, 6.45) is 0.300. The molecule has 1 N–H and O–H groups in total. The molecule has 1 aromatic rings. The highest BCUT2D eigenvalue weighted by molar-refractivity contribution is 9.10. The number of nitrogens with zero attached hydrogens (tertiary/aromatic N) is 1. The second-order valence-electron chi connectivity index (χ2n) is 4.91. The van der Waals surface area contributed by atoms with Crippen molar-refractivity contribution in [3.8, 4) is 0 Å². The molecule has 0 spiro atoms. The van der Waals surface area contributed by atoms with Crippen LogP contribution < -0.4 is 5.32 Å². The molecule has 0 radical (unpaired) electrons. The molecule has 0 aliphatic carbocycles. The average molecular weight is 313 g/mol. The fourth-order valence-electron chi connectivity index (χ4n) is 2.23. The number of hydrogen-bond acceptors (Lipinski definition) is 3. The lowest BCUT2D eigenvalue weighted by atomic mass is 10.1. The van der Waals surface area contributed by atoms with Gasteiger partial charge in [0.15, 0.2) is 0 Å². The Morgan fingerprint density at radius 1 is 1.50 bits per heavy atom. The third-order valence-electron chi connectivity index (χ3n) is 3.37. The van der Waals surface area contributed by atoms with Gasteiger partial charge in [0.2, 0.25) is 0 Å². The summed E-state index contributed by atoms with van der Waals surface area (Å²) in [7, 11) is 2.15. The first-order valence-corrected chi connectivity index (χ1v) is 7.24. The van der Waals surface area contributed by atoms with Crippen LogP contribution in [-0.4, -0.2) is 44.3 Å². The maximum Gasteiger partial charge on any atom is 0.0826 e. The summed E-state index contributed by atoms with van der Waals surface area (Å²) in [5.41, 5.74) is 1.29. The normalized spacial score (nSPS) is 22.9. The van der Waals surface area contributed by atoms with E-state index in [0.717, 1.165) is 30.7 Å². The Balaban J connectivity index is 1.84. The Hall–Kier alpha value is -0.420. The molecule has 0 aromatic heterocycles. The van der Waals surface area contributed by atoms with Crippen LogP contribution in [0, 0.1) is 0 Å². The summed E-state index contributed by atoms with van der Waals surface area (Å²) in [6, 6.07) is 8.67. The van der Waals surface area contributed by atoms with Crippen molar-refractivity contribution in [2.45, 2.75) is 19.1 Å². The number of halogens is 1. The molecule has 3 nitrogen and oxygen atoms in total. The van der Waals surface area contributed by atoms with Crippen molar-refractivity contribution in [3.05, 3.63) is 34.3 Å². The molecular formula is C14H21BrN2O. The highest BCUT2D eigenvalue weighted by atomic mass is 79.9. The lowest BCUT2D eigenvalue weighted by Gasteiger charge is -2.31. The molecule has 2 rings (SSSR count). The first-order valence-electron chi connectivity index (χ1n) is 6.45. The number of hydrogen-bond donors (Lipinski definition) is 1. The highest BCUT2D eigenvalue weighted by Crippen LogP contribution is 2.22. The van der Waals surface area contributed by atoms with Crippen LogP contribution in [0.2, 0.25) is 0 Å². The van der Waals surface area contributed by atoms with E-state index in [1.54, 1.807) is 0 Å². The second kappa shape index (κ2) is 6.66. The molecule has 1 aromatic carbocycles. The van der Waals surface area contributed by atoms with Crippen molar-refractivity contribution in [1.29, 1.82) is 0 Å². The Morgan fingerprint density at radius 3 is 3.00 bits per heavy atom. The van der Waals surface area contributed by atoms with Crippen molar-refractivity contribution in [3.63, 3.8) is 0 Å². The molecule has 18 heavy (non-hydrogen) atoms. The van der Waals surface area contributed by atoms with E-state index in [2.05, 4.69) is 58.3 Å². The molecule has 0 saturated carbocycles. The van der Waals surface area contributed by atoms with E-state index in [0.29, 0.717) is 12.1 Å². The number of morpholine rings is 1. The van der Waals surface area contributed by atoms with Crippen LogP contribution in [0.4, 0.5) is 0 Å². The second-order valence-corrected chi connectivity index (χ2v) is 5.76.